The van der Waals surface area contributed by atoms with E-state index in [1.807, 2.05) is 43.3 Å². The highest BCUT2D eigenvalue weighted by Crippen LogP contribution is 2.23. The Hall–Kier alpha value is -2.68. The third-order valence-electron chi connectivity index (χ3n) is 3.99. The first kappa shape index (κ1) is 21.0. The molecule has 0 aliphatic heterocycles. The van der Waals surface area contributed by atoms with Gasteiger partial charge >= 0.3 is 0 Å². The second-order valence-electron chi connectivity index (χ2n) is 6.27. The molecular formula is C20H20ClN5O2S. The molecule has 0 bridgehead atoms. The van der Waals surface area contributed by atoms with E-state index in [0.29, 0.717) is 5.69 Å². The largest absolute Gasteiger partial charge is 0.324 e. The number of aryl methyl sites for hydroxylation is 1. The lowest BCUT2D eigenvalue weighted by molar-refractivity contribution is -0.117. The van der Waals surface area contributed by atoms with Gasteiger partial charge in [-0.15, -0.1) is 0 Å². The van der Waals surface area contributed by atoms with Crippen LogP contribution in [0.15, 0.2) is 64.5 Å². The van der Waals surface area contributed by atoms with Crippen molar-refractivity contribution in [3.8, 4) is 0 Å². The molecule has 0 aliphatic carbocycles. The summed E-state index contributed by atoms with van der Waals surface area (Å²) in [6.07, 6.45) is 3.94. The fraction of sp³-hybridized carbons (Fsp3) is 0.200. The van der Waals surface area contributed by atoms with Crippen LogP contribution in [0.5, 0.6) is 0 Å². The second kappa shape index (κ2) is 10.2. The van der Waals surface area contributed by atoms with Crippen LogP contribution in [0.2, 0.25) is 5.02 Å². The number of anilines is 1. The van der Waals surface area contributed by atoms with E-state index in [9.17, 15) is 9.59 Å². The Morgan fingerprint density at radius 2 is 2.10 bits per heavy atom. The summed E-state index contributed by atoms with van der Waals surface area (Å²) in [6, 6.07) is 12.7. The third-order valence-corrected chi connectivity index (χ3v) is 5.21. The molecule has 0 unspecified atom stereocenters. The minimum absolute atomic E-state index is 0.186. The van der Waals surface area contributed by atoms with Crippen molar-refractivity contribution in [1.29, 1.82) is 0 Å². The van der Waals surface area contributed by atoms with Crippen molar-refractivity contribution in [2.45, 2.75) is 24.8 Å². The zero-order valence-electron chi connectivity index (χ0n) is 15.8. The maximum absolute atomic E-state index is 12.3. The first-order chi connectivity index (χ1) is 14.0. The number of nitrogens with zero attached hydrogens (tertiary/aromatic N) is 3. The number of pyridine rings is 1. The van der Waals surface area contributed by atoms with Crippen molar-refractivity contribution in [2.75, 3.05) is 11.9 Å². The first-order valence-corrected chi connectivity index (χ1v) is 10.1. The molecule has 3 aromatic rings. The highest BCUT2D eigenvalue weighted by molar-refractivity contribution is 7.97. The minimum Gasteiger partial charge on any atom is -0.324 e. The van der Waals surface area contributed by atoms with Crippen LogP contribution >= 0.6 is 23.5 Å². The molecule has 2 heterocycles. The molecule has 1 amide bonds. The zero-order valence-corrected chi connectivity index (χ0v) is 17.3. The number of amides is 1. The summed E-state index contributed by atoms with van der Waals surface area (Å²) in [5.74, 6) is -0.343. The summed E-state index contributed by atoms with van der Waals surface area (Å²) in [5.41, 5.74) is 2.35. The Balaban J connectivity index is 1.55. The predicted octanol–water partition coefficient (Wildman–Crippen LogP) is 3.08. The molecule has 0 radical (unpaired) electrons. The summed E-state index contributed by atoms with van der Waals surface area (Å²) in [6.45, 7) is 2.59. The number of halogens is 1. The molecule has 0 atom stereocenters. The molecule has 0 fully saturated rings. The van der Waals surface area contributed by atoms with Crippen LogP contribution in [0.1, 0.15) is 11.3 Å². The van der Waals surface area contributed by atoms with E-state index in [4.69, 9.17) is 11.6 Å². The average molecular weight is 430 g/mol. The van der Waals surface area contributed by atoms with Crippen LogP contribution in [-0.4, -0.2) is 27.2 Å². The molecule has 2 N–H and O–H groups in total. The lowest BCUT2D eigenvalue weighted by Crippen LogP contribution is -2.28. The van der Waals surface area contributed by atoms with Crippen LogP contribution in [-0.2, 0) is 17.8 Å². The number of aromatic nitrogens is 3. The maximum Gasteiger partial charge on any atom is 0.268 e. The van der Waals surface area contributed by atoms with Gasteiger partial charge in [-0.25, -0.2) is 4.68 Å². The number of carbonyl (C=O) groups excluding carboxylic acids is 1. The summed E-state index contributed by atoms with van der Waals surface area (Å²) >= 11 is 7.22. The maximum atomic E-state index is 12.3. The van der Waals surface area contributed by atoms with Crippen molar-refractivity contribution in [1.82, 2.24) is 19.5 Å². The topological polar surface area (TPSA) is 88.9 Å². The van der Waals surface area contributed by atoms with Gasteiger partial charge in [0.15, 0.2) is 0 Å². The van der Waals surface area contributed by atoms with Gasteiger partial charge in [0.25, 0.3) is 5.56 Å². The van der Waals surface area contributed by atoms with E-state index in [1.165, 1.54) is 24.2 Å². The predicted molar refractivity (Wildman–Crippen MR) is 115 cm³/mol. The van der Waals surface area contributed by atoms with Crippen LogP contribution in [0.25, 0.3) is 0 Å². The first-order valence-electron chi connectivity index (χ1n) is 8.94. The normalized spacial score (nSPS) is 10.7. The van der Waals surface area contributed by atoms with Crippen molar-refractivity contribution in [2.24, 2.45) is 0 Å². The highest BCUT2D eigenvalue weighted by atomic mass is 35.5. The van der Waals surface area contributed by atoms with E-state index in [1.54, 1.807) is 6.20 Å². The molecule has 0 spiro atoms. The number of hydrogen-bond donors (Lipinski definition) is 2. The molecule has 2 aromatic heterocycles. The summed E-state index contributed by atoms with van der Waals surface area (Å²) < 4.78 is 4.38. The Kier molecular flexibility index (Phi) is 7.40. The molecule has 7 nitrogen and oxygen atoms in total. The van der Waals surface area contributed by atoms with Gasteiger partial charge in [-0.2, -0.15) is 5.10 Å². The number of hydrogen-bond acceptors (Lipinski definition) is 6. The van der Waals surface area contributed by atoms with E-state index < -0.39 is 5.56 Å². The Labute approximate surface area is 177 Å². The van der Waals surface area contributed by atoms with Crippen molar-refractivity contribution >= 4 is 35.1 Å². The van der Waals surface area contributed by atoms with Gasteiger partial charge in [0.05, 0.1) is 11.2 Å². The summed E-state index contributed by atoms with van der Waals surface area (Å²) in [5, 5.41) is 6.89. The van der Waals surface area contributed by atoms with Crippen molar-refractivity contribution in [3.05, 3.63) is 81.5 Å². The van der Waals surface area contributed by atoms with Crippen molar-refractivity contribution in [3.63, 3.8) is 0 Å². The van der Waals surface area contributed by atoms with Gasteiger partial charge in [-0.05, 0) is 48.7 Å². The lowest BCUT2D eigenvalue weighted by Gasteiger charge is -2.11. The van der Waals surface area contributed by atoms with Gasteiger partial charge in [-0.1, -0.05) is 23.7 Å². The van der Waals surface area contributed by atoms with Crippen LogP contribution < -0.4 is 15.6 Å². The van der Waals surface area contributed by atoms with Crippen LogP contribution in [0, 0.1) is 6.92 Å². The molecule has 3 rings (SSSR count). The molecule has 0 saturated heterocycles. The summed E-state index contributed by atoms with van der Waals surface area (Å²) in [4.78, 5) is 29.4. The van der Waals surface area contributed by atoms with E-state index in [-0.39, 0.29) is 17.5 Å². The number of rotatable bonds is 8. The monoisotopic (exact) mass is 429 g/mol. The van der Waals surface area contributed by atoms with Gasteiger partial charge < -0.3 is 5.32 Å². The van der Waals surface area contributed by atoms with Crippen LogP contribution in [0.4, 0.5) is 5.69 Å². The van der Waals surface area contributed by atoms with Crippen molar-refractivity contribution < 1.29 is 4.79 Å². The Bertz CT molecular complexity index is 1040. The fourth-order valence-electron chi connectivity index (χ4n) is 2.51. The highest BCUT2D eigenvalue weighted by Gasteiger charge is 2.08. The quantitative estimate of drug-likeness (QED) is 0.422. The lowest BCUT2D eigenvalue weighted by atomic mass is 10.2. The molecule has 9 heteroatoms. The van der Waals surface area contributed by atoms with Gasteiger partial charge in [0.1, 0.15) is 6.54 Å². The SMILES string of the molecule is Cc1ccc(NC(=O)Cn2ncc(Cl)cc2=O)cc1SNCCc1ccccn1. The standard InChI is InChI=1S/C20H20ClN5O2S/c1-14-5-6-17(25-19(27)13-26-20(28)10-15(21)12-23-26)11-18(14)29-24-9-7-16-4-2-3-8-22-16/h2-6,8,10-12,24H,7,9,13H2,1H3,(H,25,27). The molecule has 0 aliphatic rings. The van der Waals surface area contributed by atoms with E-state index >= 15 is 0 Å². The van der Waals surface area contributed by atoms with E-state index in [0.717, 1.165) is 33.8 Å². The molecule has 29 heavy (non-hydrogen) atoms. The summed E-state index contributed by atoms with van der Waals surface area (Å²) in [7, 11) is 0. The molecule has 0 saturated carbocycles. The van der Waals surface area contributed by atoms with Gasteiger partial charge in [0.2, 0.25) is 5.91 Å². The zero-order chi connectivity index (χ0) is 20.6. The molecular weight excluding hydrogens is 410 g/mol. The smallest absolute Gasteiger partial charge is 0.268 e. The van der Waals surface area contributed by atoms with Gasteiger partial charge in [0, 0.05) is 41.5 Å². The van der Waals surface area contributed by atoms with E-state index in [2.05, 4.69) is 20.1 Å². The Morgan fingerprint density at radius 3 is 2.86 bits per heavy atom. The minimum atomic E-state index is -0.426. The third kappa shape index (κ3) is 6.42. The van der Waals surface area contributed by atoms with Gasteiger partial charge in [-0.3, -0.25) is 19.3 Å². The number of carbonyl (C=O) groups is 1. The number of benzene rings is 1. The second-order valence-corrected chi connectivity index (χ2v) is 7.63. The number of nitrogens with one attached hydrogen (secondary N) is 2. The van der Waals surface area contributed by atoms with Crippen LogP contribution in [0.3, 0.4) is 0 Å². The molecule has 150 valence electrons. The Morgan fingerprint density at radius 1 is 1.24 bits per heavy atom. The fourth-order valence-corrected chi connectivity index (χ4v) is 3.42. The average Bonchev–Trinajstić information content (AvgIpc) is 2.70. The molecule has 1 aromatic carbocycles.